The lowest BCUT2D eigenvalue weighted by atomic mass is 10.1. The topological polar surface area (TPSA) is 58.5 Å². The molecule has 1 unspecified atom stereocenters. The molecule has 1 aromatic heterocycles. The summed E-state index contributed by atoms with van der Waals surface area (Å²) < 4.78 is 0. The van der Waals surface area contributed by atoms with Crippen molar-refractivity contribution in [2.24, 2.45) is 11.0 Å². The highest BCUT2D eigenvalue weighted by Crippen LogP contribution is 2.30. The average molecular weight is 248 g/mol. The number of aromatic nitrogens is 2. The molecule has 3 heterocycles. The Kier molecular flexibility index (Phi) is 2.39. The van der Waals surface area contributed by atoms with E-state index in [1.807, 2.05) is 19.9 Å². The Bertz CT molecular complexity index is 508. The van der Waals surface area contributed by atoms with Gasteiger partial charge in [-0.1, -0.05) is 0 Å². The van der Waals surface area contributed by atoms with Crippen molar-refractivity contribution in [1.82, 2.24) is 9.97 Å². The molecule has 0 saturated carbocycles. The van der Waals surface area contributed by atoms with E-state index in [-0.39, 0.29) is 11.8 Å². The summed E-state index contributed by atoms with van der Waals surface area (Å²) in [4.78, 5) is 20.7. The van der Waals surface area contributed by atoms with E-state index in [4.69, 9.17) is 0 Å². The first kappa shape index (κ1) is 10.7. The molecule has 0 bridgehead atoms. The molecule has 3 rings (SSSR count). The minimum Gasteiger partial charge on any atom is -0.272 e. The summed E-state index contributed by atoms with van der Waals surface area (Å²) in [6, 6.07) is 1.88. The van der Waals surface area contributed by atoms with Crippen LogP contribution in [0.1, 0.15) is 11.4 Å². The first-order valence-electron chi connectivity index (χ1n) is 5.46. The number of anilines is 1. The van der Waals surface area contributed by atoms with E-state index >= 15 is 0 Å². The van der Waals surface area contributed by atoms with E-state index in [0.717, 1.165) is 28.6 Å². The van der Waals surface area contributed by atoms with Crippen LogP contribution in [0.15, 0.2) is 11.2 Å². The number of hydrogen-bond acceptors (Lipinski definition) is 5. The van der Waals surface area contributed by atoms with Gasteiger partial charge >= 0.3 is 0 Å². The first-order chi connectivity index (χ1) is 8.15. The van der Waals surface area contributed by atoms with Gasteiger partial charge < -0.3 is 0 Å². The molecule has 2 aliphatic heterocycles. The highest BCUT2D eigenvalue weighted by molar-refractivity contribution is 8.00. The molecule has 17 heavy (non-hydrogen) atoms. The van der Waals surface area contributed by atoms with E-state index in [9.17, 15) is 4.79 Å². The van der Waals surface area contributed by atoms with E-state index in [1.54, 1.807) is 11.8 Å². The summed E-state index contributed by atoms with van der Waals surface area (Å²) >= 11 is 1.75. The largest absolute Gasteiger partial charge is 0.272 e. The number of amides is 1. The predicted molar refractivity (Wildman–Crippen MR) is 67.2 cm³/mol. The fourth-order valence-electron chi connectivity index (χ4n) is 2.06. The van der Waals surface area contributed by atoms with Crippen molar-refractivity contribution in [1.29, 1.82) is 0 Å². The number of carbonyl (C=O) groups excluding carboxylic acids is 1. The monoisotopic (exact) mass is 248 g/mol. The van der Waals surface area contributed by atoms with Crippen LogP contribution in [-0.4, -0.2) is 33.1 Å². The zero-order valence-electron chi connectivity index (χ0n) is 9.67. The smallest absolute Gasteiger partial charge is 0.259 e. The lowest BCUT2D eigenvalue weighted by Gasteiger charge is -2.12. The Morgan fingerprint density at radius 2 is 2.06 bits per heavy atom. The third-order valence-electron chi connectivity index (χ3n) is 2.83. The molecule has 0 radical (unpaired) electrons. The summed E-state index contributed by atoms with van der Waals surface area (Å²) in [6.45, 7) is 3.78. The SMILES string of the molecule is Cc1cc(C)nc(N2N=C3CSCC3C2=O)n1. The van der Waals surface area contributed by atoms with Crippen LogP contribution >= 0.6 is 11.8 Å². The molecule has 5 nitrogen and oxygen atoms in total. The molecule has 2 aliphatic rings. The molecule has 1 fully saturated rings. The van der Waals surface area contributed by atoms with Gasteiger partial charge in [-0.15, -0.1) is 0 Å². The normalized spacial score (nSPS) is 22.9. The van der Waals surface area contributed by atoms with Crippen molar-refractivity contribution in [3.63, 3.8) is 0 Å². The Morgan fingerprint density at radius 1 is 1.35 bits per heavy atom. The summed E-state index contributed by atoms with van der Waals surface area (Å²) in [6.07, 6.45) is 0. The molecule has 1 amide bonds. The van der Waals surface area contributed by atoms with Crippen LogP contribution in [0, 0.1) is 19.8 Å². The van der Waals surface area contributed by atoms with Crippen LogP contribution in [0.3, 0.4) is 0 Å². The van der Waals surface area contributed by atoms with E-state index < -0.39 is 0 Å². The predicted octanol–water partition coefficient (Wildman–Crippen LogP) is 1.16. The molecular formula is C11H12N4OS. The summed E-state index contributed by atoms with van der Waals surface area (Å²) in [5, 5.41) is 5.70. The maximum Gasteiger partial charge on any atom is 0.259 e. The van der Waals surface area contributed by atoms with Gasteiger partial charge in [-0.25, -0.2) is 9.97 Å². The molecule has 6 heteroatoms. The van der Waals surface area contributed by atoms with Crippen LogP contribution in [0.4, 0.5) is 5.95 Å². The number of hydrazone groups is 1. The third kappa shape index (κ3) is 1.72. The van der Waals surface area contributed by atoms with Gasteiger partial charge in [0, 0.05) is 22.9 Å². The van der Waals surface area contributed by atoms with Crippen LogP contribution in [-0.2, 0) is 4.79 Å². The second kappa shape index (κ2) is 3.80. The van der Waals surface area contributed by atoms with E-state index in [0.29, 0.717) is 5.95 Å². The minimum atomic E-state index is -0.0515. The van der Waals surface area contributed by atoms with Crippen molar-refractivity contribution in [2.75, 3.05) is 16.5 Å². The van der Waals surface area contributed by atoms with Gasteiger partial charge in [-0.2, -0.15) is 21.9 Å². The second-order valence-corrected chi connectivity index (χ2v) is 5.29. The minimum absolute atomic E-state index is 0.00926. The van der Waals surface area contributed by atoms with Gasteiger partial charge in [0.1, 0.15) is 0 Å². The molecule has 1 atom stereocenters. The van der Waals surface area contributed by atoms with E-state index in [2.05, 4.69) is 15.1 Å². The van der Waals surface area contributed by atoms with Crippen molar-refractivity contribution in [3.8, 4) is 0 Å². The number of nitrogens with zero attached hydrogens (tertiary/aromatic N) is 4. The second-order valence-electron chi connectivity index (χ2n) is 4.26. The maximum absolute atomic E-state index is 12.1. The Hall–Kier alpha value is -1.43. The Morgan fingerprint density at radius 3 is 2.71 bits per heavy atom. The van der Waals surface area contributed by atoms with Crippen LogP contribution in [0.2, 0.25) is 0 Å². The molecule has 1 aromatic rings. The molecule has 0 N–H and O–H groups in total. The quantitative estimate of drug-likeness (QED) is 0.748. The van der Waals surface area contributed by atoms with Crippen LogP contribution < -0.4 is 5.01 Å². The molecule has 0 spiro atoms. The van der Waals surface area contributed by atoms with Crippen molar-refractivity contribution >= 4 is 29.3 Å². The fourth-order valence-corrected chi connectivity index (χ4v) is 3.22. The van der Waals surface area contributed by atoms with Gasteiger partial charge in [-0.05, 0) is 19.9 Å². The zero-order valence-corrected chi connectivity index (χ0v) is 10.5. The van der Waals surface area contributed by atoms with Crippen molar-refractivity contribution < 1.29 is 4.79 Å². The van der Waals surface area contributed by atoms with E-state index in [1.165, 1.54) is 5.01 Å². The van der Waals surface area contributed by atoms with Gasteiger partial charge in [0.25, 0.3) is 11.9 Å². The summed E-state index contributed by atoms with van der Waals surface area (Å²) in [5.41, 5.74) is 2.67. The number of thioether (sulfide) groups is 1. The molecule has 88 valence electrons. The fraction of sp³-hybridized carbons (Fsp3) is 0.455. The summed E-state index contributed by atoms with van der Waals surface area (Å²) in [7, 11) is 0. The van der Waals surface area contributed by atoms with Gasteiger partial charge in [0.05, 0.1) is 11.6 Å². The van der Waals surface area contributed by atoms with Gasteiger partial charge in [0.2, 0.25) is 0 Å². The van der Waals surface area contributed by atoms with Gasteiger partial charge in [0.15, 0.2) is 0 Å². The Balaban J connectivity index is 2.00. The molecule has 0 aliphatic carbocycles. The lowest BCUT2D eigenvalue weighted by molar-refractivity contribution is -0.119. The first-order valence-corrected chi connectivity index (χ1v) is 6.62. The standard InChI is InChI=1S/C11H12N4OS/c1-6-3-7(2)13-11(12-6)15-10(16)8-4-17-5-9(8)14-15/h3,8H,4-5H2,1-2H3. The molecule has 0 aromatic carbocycles. The number of fused-ring (bicyclic) bond motifs is 1. The zero-order chi connectivity index (χ0) is 12.0. The van der Waals surface area contributed by atoms with Crippen LogP contribution in [0.5, 0.6) is 0 Å². The lowest BCUT2D eigenvalue weighted by Crippen LogP contribution is -2.28. The Labute approximate surface area is 103 Å². The number of aryl methyl sites for hydroxylation is 2. The summed E-state index contributed by atoms with van der Waals surface area (Å²) in [5.74, 6) is 2.04. The van der Waals surface area contributed by atoms with Crippen molar-refractivity contribution in [3.05, 3.63) is 17.5 Å². The maximum atomic E-state index is 12.1. The molecule has 1 saturated heterocycles. The highest BCUT2D eigenvalue weighted by Gasteiger charge is 2.40. The van der Waals surface area contributed by atoms with Crippen molar-refractivity contribution in [2.45, 2.75) is 13.8 Å². The highest BCUT2D eigenvalue weighted by atomic mass is 32.2. The van der Waals surface area contributed by atoms with Crippen LogP contribution in [0.25, 0.3) is 0 Å². The number of hydrogen-bond donors (Lipinski definition) is 0. The average Bonchev–Trinajstić information content (AvgIpc) is 2.80. The number of rotatable bonds is 1. The third-order valence-corrected chi connectivity index (χ3v) is 3.90. The number of carbonyl (C=O) groups is 1. The molecular weight excluding hydrogens is 236 g/mol. The van der Waals surface area contributed by atoms with Gasteiger partial charge in [-0.3, -0.25) is 4.79 Å².